The van der Waals surface area contributed by atoms with E-state index in [2.05, 4.69) is 15.7 Å². The fourth-order valence-electron chi connectivity index (χ4n) is 3.05. The van der Waals surface area contributed by atoms with Gasteiger partial charge in [0.05, 0.1) is 12.8 Å². The number of hydrogen-bond acceptors (Lipinski definition) is 7. The molecule has 10 nitrogen and oxygen atoms in total. The number of nitrogens with zero attached hydrogens (tertiary/aromatic N) is 2. The van der Waals surface area contributed by atoms with Crippen LogP contribution in [0.4, 0.5) is 11.5 Å². The molecule has 1 aromatic carbocycles. The molecule has 0 aliphatic rings. The van der Waals surface area contributed by atoms with Gasteiger partial charge in [-0.2, -0.15) is 5.10 Å². The van der Waals surface area contributed by atoms with Gasteiger partial charge in [0.25, 0.3) is 0 Å². The molecule has 1 aromatic heterocycles. The number of benzene rings is 1. The average molecular weight is 465 g/mol. The van der Waals surface area contributed by atoms with Crippen LogP contribution in [0.2, 0.25) is 0 Å². The number of amides is 2. The first-order valence-electron chi connectivity index (χ1n) is 10.2. The number of carbonyl (C=O) groups excluding carboxylic acids is 3. The minimum atomic E-state index is -4.13. The van der Waals surface area contributed by atoms with Crippen molar-refractivity contribution in [3.8, 4) is 0 Å². The Morgan fingerprint density at radius 3 is 2.31 bits per heavy atom. The predicted molar refractivity (Wildman–Crippen MR) is 120 cm³/mol. The molecule has 2 amide bonds. The van der Waals surface area contributed by atoms with E-state index in [1.807, 2.05) is 19.1 Å². The van der Waals surface area contributed by atoms with E-state index < -0.39 is 38.6 Å². The van der Waals surface area contributed by atoms with Crippen LogP contribution in [0.5, 0.6) is 0 Å². The molecule has 0 saturated carbocycles. The summed E-state index contributed by atoms with van der Waals surface area (Å²) in [5, 5.41) is 7.41. The maximum absolute atomic E-state index is 12.8. The molecule has 0 bridgehead atoms. The van der Waals surface area contributed by atoms with Crippen LogP contribution in [-0.2, 0) is 37.6 Å². The number of carbonyl (C=O) groups is 3. The maximum Gasteiger partial charge on any atom is 0.343 e. The van der Waals surface area contributed by atoms with Crippen molar-refractivity contribution in [1.29, 1.82) is 0 Å². The minimum Gasteiger partial charge on any atom is -0.462 e. The maximum atomic E-state index is 12.8. The summed E-state index contributed by atoms with van der Waals surface area (Å²) in [7, 11) is -2.64. The minimum absolute atomic E-state index is 0.00298. The summed E-state index contributed by atoms with van der Waals surface area (Å²) < 4.78 is 31.8. The number of aryl methyl sites for hydroxylation is 2. The van der Waals surface area contributed by atoms with Gasteiger partial charge in [0.1, 0.15) is 22.4 Å². The van der Waals surface area contributed by atoms with Crippen molar-refractivity contribution in [2.75, 3.05) is 23.0 Å². The van der Waals surface area contributed by atoms with Gasteiger partial charge in [-0.1, -0.05) is 26.0 Å². The second-order valence-electron chi connectivity index (χ2n) is 7.04. The number of nitrogens with one attached hydrogen (secondary N) is 2. The van der Waals surface area contributed by atoms with E-state index in [1.54, 1.807) is 19.1 Å². The third-order valence-corrected chi connectivity index (χ3v) is 6.83. The molecular formula is C21H28N4O6S. The van der Waals surface area contributed by atoms with Crippen molar-refractivity contribution in [3.63, 3.8) is 0 Å². The van der Waals surface area contributed by atoms with E-state index in [9.17, 15) is 22.8 Å². The van der Waals surface area contributed by atoms with Crippen LogP contribution < -0.4 is 10.6 Å². The molecule has 11 heteroatoms. The van der Waals surface area contributed by atoms with E-state index in [0.29, 0.717) is 5.69 Å². The van der Waals surface area contributed by atoms with Crippen molar-refractivity contribution in [2.45, 2.75) is 38.9 Å². The Labute approximate surface area is 187 Å². The van der Waals surface area contributed by atoms with E-state index in [4.69, 9.17) is 4.74 Å². The van der Waals surface area contributed by atoms with Gasteiger partial charge < -0.3 is 15.4 Å². The SMILES string of the molecule is CCOC(=O)c1cnn(C)c1NC(=O)C(CC)S(=O)(=O)CC(=O)Nc1ccc(CC)cc1. The van der Waals surface area contributed by atoms with Crippen LogP contribution in [0.3, 0.4) is 0 Å². The second kappa shape index (κ2) is 10.9. The van der Waals surface area contributed by atoms with Gasteiger partial charge in [-0.25, -0.2) is 13.2 Å². The van der Waals surface area contributed by atoms with E-state index in [0.717, 1.165) is 12.0 Å². The highest BCUT2D eigenvalue weighted by atomic mass is 32.2. The summed E-state index contributed by atoms with van der Waals surface area (Å²) in [5.41, 5.74) is 1.55. The number of rotatable bonds is 10. The summed E-state index contributed by atoms with van der Waals surface area (Å²) in [6.45, 7) is 5.29. The third kappa shape index (κ3) is 6.16. The normalized spacial score (nSPS) is 12.1. The van der Waals surface area contributed by atoms with Gasteiger partial charge in [-0.05, 0) is 37.5 Å². The van der Waals surface area contributed by atoms with E-state index in [1.165, 1.54) is 24.9 Å². The first kappa shape index (κ1) is 25.1. The van der Waals surface area contributed by atoms with Crippen LogP contribution >= 0.6 is 0 Å². The standard InChI is InChI=1S/C21H28N4O6S/c1-5-14-8-10-15(11-9-14)23-18(26)13-32(29,30)17(6-2)20(27)24-19-16(12-22-25(19)4)21(28)31-7-3/h8-12,17H,5-7,13H2,1-4H3,(H,23,26)(H,24,27). The molecule has 32 heavy (non-hydrogen) atoms. The zero-order valence-electron chi connectivity index (χ0n) is 18.5. The number of hydrogen-bond donors (Lipinski definition) is 2. The highest BCUT2D eigenvalue weighted by Crippen LogP contribution is 2.18. The molecule has 1 atom stereocenters. The molecule has 2 N–H and O–H groups in total. The van der Waals surface area contributed by atoms with Crippen molar-refractivity contribution in [1.82, 2.24) is 9.78 Å². The van der Waals surface area contributed by atoms with Gasteiger partial charge >= 0.3 is 5.97 Å². The Hall–Kier alpha value is -3.21. The van der Waals surface area contributed by atoms with Crippen LogP contribution in [0.1, 0.15) is 43.1 Å². The van der Waals surface area contributed by atoms with E-state index in [-0.39, 0.29) is 24.4 Å². The Morgan fingerprint density at radius 1 is 1.09 bits per heavy atom. The van der Waals surface area contributed by atoms with E-state index >= 15 is 0 Å². The largest absolute Gasteiger partial charge is 0.462 e. The topological polar surface area (TPSA) is 136 Å². The number of ether oxygens (including phenoxy) is 1. The number of anilines is 2. The van der Waals surface area contributed by atoms with Crippen molar-refractivity contribution in [2.24, 2.45) is 7.05 Å². The van der Waals surface area contributed by atoms with Gasteiger partial charge in [-0.15, -0.1) is 0 Å². The van der Waals surface area contributed by atoms with Crippen LogP contribution in [0, 0.1) is 0 Å². The Morgan fingerprint density at radius 2 is 1.75 bits per heavy atom. The van der Waals surface area contributed by atoms with Crippen molar-refractivity contribution < 1.29 is 27.5 Å². The summed E-state index contributed by atoms with van der Waals surface area (Å²) in [5.74, 6) is -3.14. The number of sulfone groups is 1. The fraction of sp³-hybridized carbons (Fsp3) is 0.429. The molecule has 0 fully saturated rings. The van der Waals surface area contributed by atoms with Crippen LogP contribution in [-0.4, -0.2) is 53.6 Å². The molecule has 0 saturated heterocycles. The monoisotopic (exact) mass is 464 g/mol. The summed E-state index contributed by atoms with van der Waals surface area (Å²) in [6, 6.07) is 7.04. The van der Waals surface area contributed by atoms with Gasteiger partial charge in [0.15, 0.2) is 9.84 Å². The molecule has 0 aliphatic carbocycles. The van der Waals surface area contributed by atoms with Crippen molar-refractivity contribution >= 4 is 39.1 Å². The second-order valence-corrected chi connectivity index (χ2v) is 9.23. The van der Waals surface area contributed by atoms with Crippen LogP contribution in [0.25, 0.3) is 0 Å². The molecule has 2 aromatic rings. The highest BCUT2D eigenvalue weighted by molar-refractivity contribution is 7.93. The molecule has 0 spiro atoms. The average Bonchev–Trinajstić information content (AvgIpc) is 3.08. The smallest absolute Gasteiger partial charge is 0.343 e. The summed E-state index contributed by atoms with van der Waals surface area (Å²) in [6.07, 6.45) is 2.00. The highest BCUT2D eigenvalue weighted by Gasteiger charge is 2.34. The zero-order valence-corrected chi connectivity index (χ0v) is 19.4. The lowest BCUT2D eigenvalue weighted by molar-refractivity contribution is -0.115. The lowest BCUT2D eigenvalue weighted by atomic mass is 10.1. The molecule has 0 radical (unpaired) electrons. The first-order valence-corrected chi connectivity index (χ1v) is 11.9. The zero-order chi connectivity index (χ0) is 23.9. The first-order chi connectivity index (χ1) is 15.1. The Kier molecular flexibility index (Phi) is 8.53. The fourth-order valence-corrected chi connectivity index (χ4v) is 4.58. The van der Waals surface area contributed by atoms with Crippen molar-refractivity contribution in [3.05, 3.63) is 41.6 Å². The van der Waals surface area contributed by atoms with Gasteiger partial charge in [-0.3, -0.25) is 14.3 Å². The summed E-state index contributed by atoms with van der Waals surface area (Å²) >= 11 is 0. The quantitative estimate of drug-likeness (QED) is 0.513. The van der Waals surface area contributed by atoms with Crippen LogP contribution in [0.15, 0.2) is 30.5 Å². The van der Waals surface area contributed by atoms with Gasteiger partial charge in [0.2, 0.25) is 11.8 Å². The Balaban J connectivity index is 2.12. The molecular weight excluding hydrogens is 436 g/mol. The molecule has 2 rings (SSSR count). The predicted octanol–water partition coefficient (Wildman–Crippen LogP) is 1.93. The molecule has 1 unspecified atom stereocenters. The molecule has 1 heterocycles. The number of esters is 1. The molecule has 174 valence electrons. The third-order valence-electron chi connectivity index (χ3n) is 4.75. The summed E-state index contributed by atoms with van der Waals surface area (Å²) in [4.78, 5) is 37.1. The lowest BCUT2D eigenvalue weighted by Crippen LogP contribution is -2.39. The molecule has 0 aliphatic heterocycles. The lowest BCUT2D eigenvalue weighted by Gasteiger charge is -2.16. The number of aromatic nitrogens is 2. The van der Waals surface area contributed by atoms with Gasteiger partial charge in [0, 0.05) is 12.7 Å². The Bertz CT molecular complexity index is 1080.